The van der Waals surface area contributed by atoms with Crippen LogP contribution in [0.4, 0.5) is 14.5 Å². The maximum Gasteiger partial charge on any atom is 0.387 e. The van der Waals surface area contributed by atoms with Crippen LogP contribution in [0.2, 0.25) is 5.02 Å². The Morgan fingerprint density at radius 1 is 1.14 bits per heavy atom. The second kappa shape index (κ2) is 10.3. The number of benzene rings is 2. The van der Waals surface area contributed by atoms with Gasteiger partial charge in [0.15, 0.2) is 6.20 Å². The molecule has 0 bridgehead atoms. The van der Waals surface area contributed by atoms with Gasteiger partial charge in [0.2, 0.25) is 11.6 Å². The third-order valence-corrected chi connectivity index (χ3v) is 5.99. The number of carboxylic acids is 1. The number of aromatic nitrogens is 1. The quantitative estimate of drug-likeness (QED) is 0.299. The lowest BCUT2D eigenvalue weighted by Crippen LogP contribution is -2.37. The number of anilines is 1. The zero-order valence-corrected chi connectivity index (χ0v) is 19.0. The number of carbonyl (C=O) groups excluding carboxylic acids is 1. The fourth-order valence-corrected chi connectivity index (χ4v) is 3.99. The van der Waals surface area contributed by atoms with Crippen molar-refractivity contribution in [2.75, 3.05) is 5.32 Å². The maximum absolute atomic E-state index is 13.1. The van der Waals surface area contributed by atoms with E-state index < -0.39 is 24.4 Å². The van der Waals surface area contributed by atoms with Crippen LogP contribution < -0.4 is 14.8 Å². The lowest BCUT2D eigenvalue weighted by molar-refractivity contribution is -0.614. The van der Waals surface area contributed by atoms with Crippen LogP contribution in [-0.4, -0.2) is 23.6 Å². The van der Waals surface area contributed by atoms with Gasteiger partial charge in [-0.1, -0.05) is 24.4 Å². The average Bonchev–Trinajstić information content (AvgIpc) is 3.63. The second-order valence-corrected chi connectivity index (χ2v) is 8.73. The van der Waals surface area contributed by atoms with Gasteiger partial charge in [-0.05, 0) is 60.9 Å². The third kappa shape index (κ3) is 6.05. The molecule has 0 spiro atoms. The topological polar surface area (TPSA) is 103 Å². The highest BCUT2D eigenvalue weighted by atomic mass is 35.5. The van der Waals surface area contributed by atoms with E-state index in [0.29, 0.717) is 28.3 Å². The Morgan fingerprint density at radius 2 is 1.86 bits per heavy atom. The van der Waals surface area contributed by atoms with Gasteiger partial charge in [0.25, 0.3) is 0 Å². The molecule has 7 nitrogen and oxygen atoms in total. The van der Waals surface area contributed by atoms with E-state index in [9.17, 15) is 23.6 Å². The van der Waals surface area contributed by atoms with E-state index in [1.165, 1.54) is 54.7 Å². The fourth-order valence-electron chi connectivity index (χ4n) is 3.82. The number of nitrogens with one attached hydrogen (secondary N) is 1. The number of ether oxygens (including phenoxy) is 1. The van der Waals surface area contributed by atoms with Crippen molar-refractivity contribution in [2.45, 2.75) is 31.8 Å². The molecule has 2 aromatic carbocycles. The summed E-state index contributed by atoms with van der Waals surface area (Å²) >= 11 is 6.02. The zero-order chi connectivity index (χ0) is 25.1. The largest absolute Gasteiger partial charge is 0.618 e. The molecule has 2 N–H and O–H groups in total. The van der Waals surface area contributed by atoms with Gasteiger partial charge in [-0.3, -0.25) is 4.79 Å². The lowest BCUT2D eigenvalue weighted by atomic mass is 9.95. The SMILES string of the molecule is O=C(O)c1ccc(NC(=O)[C@H](CC2CC2)c2ccc(-c3cc(Cl)ccc3OC(F)F)c[n+]2[O-])cc1. The van der Waals surface area contributed by atoms with Crippen molar-refractivity contribution >= 4 is 29.2 Å². The molecule has 3 aromatic rings. The Hall–Kier alpha value is -3.72. The highest BCUT2D eigenvalue weighted by molar-refractivity contribution is 6.31. The lowest BCUT2D eigenvalue weighted by Gasteiger charge is -2.17. The van der Waals surface area contributed by atoms with Crippen molar-refractivity contribution in [3.8, 4) is 16.9 Å². The fraction of sp³-hybridized carbons (Fsp3) is 0.240. The summed E-state index contributed by atoms with van der Waals surface area (Å²) in [6, 6.07) is 12.9. The minimum absolute atomic E-state index is 0.0849. The number of rotatable bonds is 9. The van der Waals surface area contributed by atoms with Crippen molar-refractivity contribution in [1.29, 1.82) is 0 Å². The number of carboxylic acid groups (broad SMARTS) is 1. The maximum atomic E-state index is 13.1. The number of hydrogen-bond donors (Lipinski definition) is 2. The summed E-state index contributed by atoms with van der Waals surface area (Å²) in [6.07, 6.45) is 3.60. The highest BCUT2D eigenvalue weighted by Gasteiger charge is 2.35. The van der Waals surface area contributed by atoms with Gasteiger partial charge in [-0.15, -0.1) is 0 Å². The molecule has 1 aliphatic rings. The normalized spacial score (nSPS) is 13.9. The summed E-state index contributed by atoms with van der Waals surface area (Å²) in [6.45, 7) is -3.05. The summed E-state index contributed by atoms with van der Waals surface area (Å²) in [4.78, 5) is 24.2. The van der Waals surface area contributed by atoms with Crippen molar-refractivity contribution in [2.24, 2.45) is 5.92 Å². The average molecular weight is 503 g/mol. The van der Waals surface area contributed by atoms with Gasteiger partial charge in [0.05, 0.1) is 11.1 Å². The molecular weight excluding hydrogens is 482 g/mol. The van der Waals surface area contributed by atoms with E-state index in [1.54, 1.807) is 6.07 Å². The zero-order valence-electron chi connectivity index (χ0n) is 18.3. The molecule has 0 unspecified atom stereocenters. The molecule has 4 rings (SSSR count). The first-order valence-electron chi connectivity index (χ1n) is 10.8. The molecule has 1 atom stereocenters. The molecule has 1 aromatic heterocycles. The second-order valence-electron chi connectivity index (χ2n) is 8.29. The van der Waals surface area contributed by atoms with Gasteiger partial charge in [-0.2, -0.15) is 13.5 Å². The number of amides is 1. The van der Waals surface area contributed by atoms with Crippen LogP contribution in [0.5, 0.6) is 5.75 Å². The van der Waals surface area contributed by atoms with Gasteiger partial charge in [-0.25, -0.2) is 4.79 Å². The Bertz CT molecular complexity index is 1250. The molecule has 1 amide bonds. The molecule has 1 saturated carbocycles. The van der Waals surface area contributed by atoms with E-state index in [2.05, 4.69) is 10.1 Å². The number of alkyl halides is 2. The van der Waals surface area contributed by atoms with Gasteiger partial charge >= 0.3 is 12.6 Å². The molecule has 0 radical (unpaired) electrons. The molecule has 1 aliphatic carbocycles. The van der Waals surface area contributed by atoms with Crippen LogP contribution in [0.25, 0.3) is 11.1 Å². The predicted molar refractivity (Wildman–Crippen MR) is 125 cm³/mol. The minimum atomic E-state index is -3.05. The Kier molecular flexibility index (Phi) is 7.16. The van der Waals surface area contributed by atoms with Gasteiger partial charge in [0, 0.05) is 22.3 Å². The van der Waals surface area contributed by atoms with E-state index >= 15 is 0 Å². The third-order valence-electron chi connectivity index (χ3n) is 5.75. The van der Waals surface area contributed by atoms with Crippen LogP contribution in [0.3, 0.4) is 0 Å². The Balaban J connectivity index is 1.61. The van der Waals surface area contributed by atoms with E-state index in [-0.39, 0.29) is 27.6 Å². The summed E-state index contributed by atoms with van der Waals surface area (Å²) in [5, 5.41) is 25.1. The van der Waals surface area contributed by atoms with Crippen LogP contribution in [0.1, 0.15) is 41.2 Å². The Morgan fingerprint density at radius 3 is 2.46 bits per heavy atom. The number of pyridine rings is 1. The summed E-state index contributed by atoms with van der Waals surface area (Å²) < 4.78 is 30.8. The molecule has 0 saturated heterocycles. The van der Waals surface area contributed by atoms with Gasteiger partial charge < -0.3 is 20.4 Å². The summed E-state index contributed by atoms with van der Waals surface area (Å²) in [5.41, 5.74) is 1.22. The van der Waals surface area contributed by atoms with Crippen molar-refractivity contribution in [1.82, 2.24) is 0 Å². The van der Waals surface area contributed by atoms with Crippen molar-refractivity contribution in [3.63, 3.8) is 0 Å². The monoisotopic (exact) mass is 502 g/mol. The first kappa shape index (κ1) is 24.4. The standard InChI is InChI=1S/C25H21ClF2N2O5/c26-17-6-10-22(35-25(27)28)19(12-17)16-5-9-21(30(34)13-16)20(11-14-1-2-14)23(31)29-18-7-3-15(4-8-18)24(32)33/h3-10,12-14,20,25H,1-2,11H2,(H,29,31)(H,32,33)/t20-/m1/s1. The van der Waals surface area contributed by atoms with Gasteiger partial charge in [0.1, 0.15) is 11.7 Å². The number of halogens is 3. The summed E-state index contributed by atoms with van der Waals surface area (Å²) in [7, 11) is 0. The predicted octanol–water partition coefficient (Wildman–Crippen LogP) is 5.46. The number of aromatic carboxylic acids is 1. The van der Waals surface area contributed by atoms with E-state index in [1.807, 2.05) is 0 Å². The molecule has 1 heterocycles. The van der Waals surface area contributed by atoms with Crippen LogP contribution in [0, 0.1) is 11.1 Å². The molecular formula is C25H21ClF2N2O5. The minimum Gasteiger partial charge on any atom is -0.618 e. The molecule has 0 aliphatic heterocycles. The highest BCUT2D eigenvalue weighted by Crippen LogP contribution is 2.39. The number of carbonyl (C=O) groups is 2. The number of hydrogen-bond acceptors (Lipinski definition) is 4. The van der Waals surface area contributed by atoms with E-state index in [0.717, 1.165) is 12.8 Å². The molecule has 35 heavy (non-hydrogen) atoms. The van der Waals surface area contributed by atoms with Crippen LogP contribution in [-0.2, 0) is 4.79 Å². The molecule has 1 fully saturated rings. The molecule has 182 valence electrons. The smallest absolute Gasteiger partial charge is 0.387 e. The first-order valence-corrected chi connectivity index (χ1v) is 11.2. The van der Waals surface area contributed by atoms with E-state index in [4.69, 9.17) is 16.7 Å². The summed E-state index contributed by atoms with van der Waals surface area (Å²) in [5.74, 6) is -2.05. The van der Waals surface area contributed by atoms with Crippen LogP contribution in [0.15, 0.2) is 60.8 Å². The Labute approximate surface area is 204 Å². The van der Waals surface area contributed by atoms with Crippen molar-refractivity contribution < 1.29 is 32.9 Å². The number of nitrogens with zero attached hydrogens (tertiary/aromatic N) is 1. The van der Waals surface area contributed by atoms with Crippen LogP contribution >= 0.6 is 11.6 Å². The first-order chi connectivity index (χ1) is 16.7. The molecule has 10 heteroatoms. The van der Waals surface area contributed by atoms with Crippen molar-refractivity contribution in [3.05, 3.63) is 82.3 Å².